The van der Waals surface area contributed by atoms with E-state index in [2.05, 4.69) is 11.4 Å². The van der Waals surface area contributed by atoms with E-state index in [1.807, 2.05) is 26.0 Å². The summed E-state index contributed by atoms with van der Waals surface area (Å²) in [5.41, 5.74) is 2.90. The molecule has 1 N–H and O–H groups in total. The van der Waals surface area contributed by atoms with Crippen LogP contribution in [0.2, 0.25) is 0 Å². The molecule has 94 valence electrons. The monoisotopic (exact) mass is 243 g/mol. The number of hydrogen-bond acceptors (Lipinski definition) is 2. The Morgan fingerprint density at radius 3 is 2.89 bits per heavy atom. The zero-order valence-electron chi connectivity index (χ0n) is 10.7. The molecule has 3 nitrogen and oxygen atoms in total. The number of aryl methyl sites for hydroxylation is 2. The normalized spacial score (nSPS) is 15.0. The van der Waals surface area contributed by atoms with Gasteiger partial charge >= 0.3 is 0 Å². The van der Waals surface area contributed by atoms with Gasteiger partial charge in [-0.2, -0.15) is 0 Å². The van der Waals surface area contributed by atoms with E-state index >= 15 is 0 Å². The molecule has 3 heteroatoms. The van der Waals surface area contributed by atoms with E-state index < -0.39 is 0 Å². The number of benzene rings is 1. The Balaban J connectivity index is 1.90. The Kier molecular flexibility index (Phi) is 2.62. The fourth-order valence-electron chi connectivity index (χ4n) is 2.19. The lowest BCUT2D eigenvalue weighted by atomic mass is 10.1. The molecule has 1 aliphatic carbocycles. The summed E-state index contributed by atoms with van der Waals surface area (Å²) >= 11 is 0. The van der Waals surface area contributed by atoms with Crippen molar-refractivity contribution >= 4 is 16.9 Å². The van der Waals surface area contributed by atoms with E-state index in [4.69, 9.17) is 4.42 Å². The third-order valence-electron chi connectivity index (χ3n) is 3.55. The van der Waals surface area contributed by atoms with Crippen LogP contribution in [0.25, 0.3) is 11.0 Å². The number of rotatable bonds is 3. The third kappa shape index (κ3) is 2.01. The minimum absolute atomic E-state index is 0.0896. The molecule has 18 heavy (non-hydrogen) atoms. The molecule has 0 atom stereocenters. The maximum atomic E-state index is 12.0. The van der Waals surface area contributed by atoms with E-state index in [0.717, 1.165) is 23.1 Å². The third-order valence-corrected chi connectivity index (χ3v) is 3.55. The Morgan fingerprint density at radius 1 is 1.39 bits per heavy atom. The number of furan rings is 1. The molecule has 1 amide bonds. The summed E-state index contributed by atoms with van der Waals surface area (Å²) in [6, 6.07) is 5.98. The van der Waals surface area contributed by atoms with Crippen LogP contribution in [0.3, 0.4) is 0 Å². The first-order valence-corrected chi connectivity index (χ1v) is 6.43. The summed E-state index contributed by atoms with van der Waals surface area (Å²) in [5.74, 6) is 1.05. The van der Waals surface area contributed by atoms with Gasteiger partial charge in [0.2, 0.25) is 0 Å². The standard InChI is InChI=1S/C15H17NO2/c1-9-3-6-13-12(7-9)10(2)14(18-13)15(17)16-8-11-4-5-11/h3,6-7,11H,4-5,8H2,1-2H3,(H,16,17). The van der Waals surface area contributed by atoms with Crippen LogP contribution in [-0.2, 0) is 0 Å². The summed E-state index contributed by atoms with van der Waals surface area (Å²) in [4.78, 5) is 12.0. The molecule has 1 aliphatic rings. The average Bonchev–Trinajstić information content (AvgIpc) is 3.12. The number of carbonyl (C=O) groups excluding carboxylic acids is 1. The second-order valence-corrected chi connectivity index (χ2v) is 5.21. The van der Waals surface area contributed by atoms with Gasteiger partial charge in [0.1, 0.15) is 5.58 Å². The SMILES string of the molecule is Cc1ccc2oc(C(=O)NCC3CC3)c(C)c2c1. The van der Waals surface area contributed by atoms with Crippen molar-refractivity contribution in [3.63, 3.8) is 0 Å². The lowest BCUT2D eigenvalue weighted by Gasteiger charge is -2.01. The van der Waals surface area contributed by atoms with E-state index in [9.17, 15) is 4.79 Å². The Morgan fingerprint density at radius 2 is 2.17 bits per heavy atom. The minimum atomic E-state index is -0.0896. The van der Waals surface area contributed by atoms with Gasteiger partial charge in [0.15, 0.2) is 5.76 Å². The molecular formula is C15H17NO2. The number of hydrogen-bond donors (Lipinski definition) is 1. The van der Waals surface area contributed by atoms with Crippen LogP contribution in [-0.4, -0.2) is 12.5 Å². The fraction of sp³-hybridized carbons (Fsp3) is 0.400. The second-order valence-electron chi connectivity index (χ2n) is 5.21. The van der Waals surface area contributed by atoms with Crippen LogP contribution < -0.4 is 5.32 Å². The van der Waals surface area contributed by atoms with E-state index in [1.54, 1.807) is 0 Å². The maximum Gasteiger partial charge on any atom is 0.287 e. The molecule has 3 rings (SSSR count). The van der Waals surface area contributed by atoms with Gasteiger partial charge in [0, 0.05) is 17.5 Å². The number of amides is 1. The predicted molar refractivity (Wildman–Crippen MR) is 70.7 cm³/mol. The van der Waals surface area contributed by atoms with Crippen molar-refractivity contribution < 1.29 is 9.21 Å². The highest BCUT2D eigenvalue weighted by atomic mass is 16.3. The average molecular weight is 243 g/mol. The van der Waals surface area contributed by atoms with Crippen molar-refractivity contribution in [2.24, 2.45) is 5.92 Å². The lowest BCUT2D eigenvalue weighted by Crippen LogP contribution is -2.25. The highest BCUT2D eigenvalue weighted by Crippen LogP contribution is 2.29. The molecule has 0 saturated heterocycles. The highest BCUT2D eigenvalue weighted by molar-refractivity contribution is 5.99. The van der Waals surface area contributed by atoms with Gasteiger partial charge in [-0.3, -0.25) is 4.79 Å². The van der Waals surface area contributed by atoms with Crippen LogP contribution in [0.15, 0.2) is 22.6 Å². The molecule has 0 radical (unpaired) electrons. The van der Waals surface area contributed by atoms with Crippen molar-refractivity contribution in [2.45, 2.75) is 26.7 Å². The molecule has 1 aromatic carbocycles. The van der Waals surface area contributed by atoms with Crippen LogP contribution >= 0.6 is 0 Å². The van der Waals surface area contributed by atoms with Crippen molar-refractivity contribution in [3.05, 3.63) is 35.1 Å². The summed E-state index contributed by atoms with van der Waals surface area (Å²) in [5, 5.41) is 3.98. The number of fused-ring (bicyclic) bond motifs is 1. The van der Waals surface area contributed by atoms with Crippen molar-refractivity contribution in [2.75, 3.05) is 6.54 Å². The molecule has 0 spiro atoms. The molecule has 1 fully saturated rings. The lowest BCUT2D eigenvalue weighted by molar-refractivity contribution is 0.0925. The first-order chi connectivity index (χ1) is 8.65. The molecular weight excluding hydrogens is 226 g/mol. The van der Waals surface area contributed by atoms with Gasteiger partial charge in [-0.1, -0.05) is 11.6 Å². The zero-order chi connectivity index (χ0) is 12.7. The van der Waals surface area contributed by atoms with Crippen molar-refractivity contribution in [1.29, 1.82) is 0 Å². The first kappa shape index (κ1) is 11.3. The van der Waals surface area contributed by atoms with Gasteiger partial charge in [-0.15, -0.1) is 0 Å². The minimum Gasteiger partial charge on any atom is -0.451 e. The molecule has 0 bridgehead atoms. The Bertz CT molecular complexity index is 608. The summed E-state index contributed by atoms with van der Waals surface area (Å²) < 4.78 is 5.66. The van der Waals surface area contributed by atoms with Gasteiger partial charge < -0.3 is 9.73 Å². The quantitative estimate of drug-likeness (QED) is 0.899. The summed E-state index contributed by atoms with van der Waals surface area (Å²) in [6.07, 6.45) is 2.47. The van der Waals surface area contributed by atoms with Crippen LogP contribution in [0.1, 0.15) is 34.5 Å². The number of nitrogens with one attached hydrogen (secondary N) is 1. The maximum absolute atomic E-state index is 12.0. The largest absolute Gasteiger partial charge is 0.451 e. The molecule has 1 heterocycles. The van der Waals surface area contributed by atoms with Crippen LogP contribution in [0.5, 0.6) is 0 Å². The zero-order valence-corrected chi connectivity index (χ0v) is 10.7. The van der Waals surface area contributed by atoms with Crippen molar-refractivity contribution in [3.8, 4) is 0 Å². The van der Waals surface area contributed by atoms with Crippen LogP contribution in [0.4, 0.5) is 0 Å². The first-order valence-electron chi connectivity index (χ1n) is 6.43. The molecule has 1 aromatic heterocycles. The second kappa shape index (κ2) is 4.16. The van der Waals surface area contributed by atoms with Gasteiger partial charge in [0.05, 0.1) is 0 Å². The summed E-state index contributed by atoms with van der Waals surface area (Å²) in [6.45, 7) is 4.75. The van der Waals surface area contributed by atoms with Crippen molar-refractivity contribution in [1.82, 2.24) is 5.32 Å². The fourth-order valence-corrected chi connectivity index (χ4v) is 2.19. The predicted octanol–water partition coefficient (Wildman–Crippen LogP) is 3.19. The molecule has 0 aliphatic heterocycles. The molecule has 2 aromatic rings. The van der Waals surface area contributed by atoms with Gasteiger partial charge in [0.25, 0.3) is 5.91 Å². The Hall–Kier alpha value is -1.77. The highest BCUT2D eigenvalue weighted by Gasteiger charge is 2.23. The van der Waals surface area contributed by atoms with Crippen LogP contribution in [0, 0.1) is 19.8 Å². The smallest absolute Gasteiger partial charge is 0.287 e. The Labute approximate surface area is 106 Å². The van der Waals surface area contributed by atoms with E-state index in [-0.39, 0.29) is 5.91 Å². The molecule has 0 unspecified atom stereocenters. The topological polar surface area (TPSA) is 42.2 Å². The summed E-state index contributed by atoms with van der Waals surface area (Å²) in [7, 11) is 0. The molecule has 1 saturated carbocycles. The number of carbonyl (C=O) groups is 1. The van der Waals surface area contributed by atoms with Gasteiger partial charge in [-0.05, 0) is 44.7 Å². The van der Waals surface area contributed by atoms with E-state index in [0.29, 0.717) is 11.7 Å². The van der Waals surface area contributed by atoms with E-state index in [1.165, 1.54) is 18.4 Å². The van der Waals surface area contributed by atoms with Gasteiger partial charge in [-0.25, -0.2) is 0 Å².